The topological polar surface area (TPSA) is 180 Å². The minimum Gasteiger partial charge on any atom is -0.462 e. The van der Waals surface area contributed by atoms with Gasteiger partial charge in [0.15, 0.2) is 6.10 Å². The molecule has 0 aromatic carbocycles. The van der Waals surface area contributed by atoms with E-state index in [0.717, 1.165) is 77.0 Å². The zero-order valence-corrected chi connectivity index (χ0v) is 34.0. The van der Waals surface area contributed by atoms with Crippen molar-refractivity contribution in [1.29, 1.82) is 0 Å². The van der Waals surface area contributed by atoms with Crippen molar-refractivity contribution >= 4 is 19.8 Å². The van der Waals surface area contributed by atoms with Crippen LogP contribution in [-0.4, -0.2) is 74.7 Å². The number of hydrogen-bond donors (Lipinski definition) is 5. The van der Waals surface area contributed by atoms with Crippen LogP contribution < -0.4 is 0 Å². The quantitative estimate of drug-likeness (QED) is 0.0138. The Morgan fingerprint density at radius 3 is 1.84 bits per heavy atom. The van der Waals surface area contributed by atoms with E-state index in [2.05, 4.69) is 67.0 Å². The van der Waals surface area contributed by atoms with Crippen LogP contribution in [0, 0.1) is 0 Å². The van der Waals surface area contributed by atoms with Gasteiger partial charge < -0.3 is 34.6 Å². The second kappa shape index (κ2) is 36.5. The highest BCUT2D eigenvalue weighted by atomic mass is 31.2. The van der Waals surface area contributed by atoms with E-state index >= 15 is 0 Å². The molecule has 0 bridgehead atoms. The molecule has 0 aliphatic rings. The minimum atomic E-state index is -4.86. The van der Waals surface area contributed by atoms with Crippen LogP contribution in [0.1, 0.15) is 123 Å². The molecule has 5 N–H and O–H groups in total. The van der Waals surface area contributed by atoms with Crippen molar-refractivity contribution in [3.8, 4) is 0 Å². The van der Waals surface area contributed by atoms with Crippen molar-refractivity contribution < 1.29 is 53.3 Å². The molecule has 11 nitrogen and oxygen atoms in total. The number of allylic oxidation sites excluding steroid dienone is 14. The molecule has 312 valence electrons. The standard InChI is InChI=1S/C43H69O11P/c1-3-5-7-8-9-10-11-12-13-14-15-16-17-18-19-24-28-34-42(47)52-36-39(37-53-55(49,50)51)54-43(48)35-29-33-41(46)40(45)32-27-23-21-20-22-26-31-38(44)30-25-6-4-2/h5,7,9-10,12-13,15-16,20-23,26-27,31-32,38-41,44-46H,3-4,6,8,11,14,17-19,24-25,28-30,33-37H2,1-2H3,(H2,49,50,51)/b7-5-,10-9-,13-12-,16-15-,22-20-,23-21+,31-26+,32-27+/t38-,39+,40-,41-/m0/s1. The summed E-state index contributed by atoms with van der Waals surface area (Å²) in [6.45, 7) is 3.14. The van der Waals surface area contributed by atoms with Crippen LogP contribution in [0.15, 0.2) is 97.2 Å². The maximum Gasteiger partial charge on any atom is 0.469 e. The molecular weight excluding hydrogens is 723 g/mol. The van der Waals surface area contributed by atoms with Crippen molar-refractivity contribution in [1.82, 2.24) is 0 Å². The van der Waals surface area contributed by atoms with Gasteiger partial charge in [0.1, 0.15) is 6.61 Å². The lowest BCUT2D eigenvalue weighted by Gasteiger charge is -2.19. The molecule has 55 heavy (non-hydrogen) atoms. The number of aliphatic hydroxyl groups excluding tert-OH is 3. The highest BCUT2D eigenvalue weighted by Gasteiger charge is 2.23. The average molecular weight is 793 g/mol. The predicted octanol–water partition coefficient (Wildman–Crippen LogP) is 8.75. The number of rotatable bonds is 34. The summed E-state index contributed by atoms with van der Waals surface area (Å²) in [4.78, 5) is 42.8. The summed E-state index contributed by atoms with van der Waals surface area (Å²) >= 11 is 0. The Balaban J connectivity index is 4.36. The zero-order valence-electron chi connectivity index (χ0n) is 33.1. The van der Waals surface area contributed by atoms with E-state index in [1.807, 2.05) is 0 Å². The molecule has 0 aromatic heterocycles. The van der Waals surface area contributed by atoms with Crippen molar-refractivity contribution in [2.75, 3.05) is 13.2 Å². The Kier molecular flexibility index (Phi) is 34.4. The van der Waals surface area contributed by atoms with E-state index in [9.17, 15) is 29.5 Å². The molecule has 0 unspecified atom stereocenters. The van der Waals surface area contributed by atoms with Gasteiger partial charge in [0.25, 0.3) is 0 Å². The molecule has 12 heteroatoms. The second-order valence-corrected chi connectivity index (χ2v) is 14.3. The molecule has 0 aliphatic carbocycles. The Labute approximate surface area is 330 Å². The van der Waals surface area contributed by atoms with E-state index < -0.39 is 57.4 Å². The lowest BCUT2D eigenvalue weighted by molar-refractivity contribution is -0.161. The average Bonchev–Trinajstić information content (AvgIpc) is 3.14. The maximum atomic E-state index is 12.4. The smallest absolute Gasteiger partial charge is 0.462 e. The Hall–Kier alpha value is -3.15. The largest absolute Gasteiger partial charge is 0.469 e. The normalized spacial score (nSPS) is 15.3. The van der Waals surface area contributed by atoms with Gasteiger partial charge in [-0.2, -0.15) is 0 Å². The SMILES string of the molecule is CC/C=C\C/C=C\C/C=C\C/C=C\CCCCCCC(=O)OC[C@H](COP(=O)(O)O)OC(=O)CCC[C@H](O)[C@@H](O)/C=C/C=C/C=C\C=C\[C@@H](O)CCCCC. The van der Waals surface area contributed by atoms with Crippen molar-refractivity contribution in [2.45, 2.75) is 147 Å². The summed E-state index contributed by atoms with van der Waals surface area (Å²) in [6.07, 6.45) is 39.2. The predicted molar refractivity (Wildman–Crippen MR) is 220 cm³/mol. The Morgan fingerprint density at radius 2 is 1.20 bits per heavy atom. The van der Waals surface area contributed by atoms with Crippen LogP contribution in [0.2, 0.25) is 0 Å². The third kappa shape index (κ3) is 37.5. The maximum absolute atomic E-state index is 12.4. The molecule has 0 saturated carbocycles. The molecule has 0 aromatic rings. The van der Waals surface area contributed by atoms with E-state index in [1.165, 1.54) is 6.08 Å². The van der Waals surface area contributed by atoms with E-state index in [4.69, 9.17) is 19.3 Å². The monoisotopic (exact) mass is 792 g/mol. The van der Waals surface area contributed by atoms with Gasteiger partial charge in [-0.3, -0.25) is 14.1 Å². The Bertz CT molecular complexity index is 1260. The van der Waals surface area contributed by atoms with Crippen LogP contribution in [-0.2, 0) is 28.2 Å². The first kappa shape index (κ1) is 51.9. The van der Waals surface area contributed by atoms with Crippen LogP contribution in [0.5, 0.6) is 0 Å². The number of aliphatic hydroxyl groups is 3. The van der Waals surface area contributed by atoms with Crippen molar-refractivity contribution in [3.05, 3.63) is 97.2 Å². The zero-order chi connectivity index (χ0) is 40.8. The Morgan fingerprint density at radius 1 is 0.618 bits per heavy atom. The number of phosphoric ester groups is 1. The van der Waals surface area contributed by atoms with E-state index in [1.54, 1.807) is 42.5 Å². The fourth-order valence-electron chi connectivity index (χ4n) is 4.86. The van der Waals surface area contributed by atoms with Crippen LogP contribution >= 0.6 is 7.82 Å². The lowest BCUT2D eigenvalue weighted by Crippen LogP contribution is -2.29. The summed E-state index contributed by atoms with van der Waals surface area (Å²) in [5.41, 5.74) is 0. The molecule has 0 saturated heterocycles. The first-order valence-electron chi connectivity index (χ1n) is 19.9. The number of hydrogen-bond acceptors (Lipinski definition) is 9. The first-order chi connectivity index (χ1) is 26.5. The molecule has 0 fully saturated rings. The number of ether oxygens (including phenoxy) is 2. The fourth-order valence-corrected chi connectivity index (χ4v) is 5.22. The number of esters is 2. The van der Waals surface area contributed by atoms with Gasteiger partial charge in [-0.05, 0) is 64.2 Å². The van der Waals surface area contributed by atoms with Gasteiger partial charge in [-0.25, -0.2) is 4.57 Å². The first-order valence-corrected chi connectivity index (χ1v) is 21.4. The van der Waals surface area contributed by atoms with Gasteiger partial charge in [0, 0.05) is 12.8 Å². The lowest BCUT2D eigenvalue weighted by atomic mass is 10.1. The minimum absolute atomic E-state index is 0.0810. The second-order valence-electron chi connectivity index (χ2n) is 13.1. The highest BCUT2D eigenvalue weighted by Crippen LogP contribution is 2.36. The molecule has 0 radical (unpaired) electrons. The van der Waals surface area contributed by atoms with Gasteiger partial charge in [0.2, 0.25) is 0 Å². The molecule has 0 rings (SSSR count). The third-order valence-electron chi connectivity index (χ3n) is 7.95. The summed E-state index contributed by atoms with van der Waals surface area (Å²) < 4.78 is 26.1. The number of carbonyl (C=O) groups is 2. The van der Waals surface area contributed by atoms with Gasteiger partial charge in [-0.1, -0.05) is 143 Å². The molecule has 0 spiro atoms. The summed E-state index contributed by atoms with van der Waals surface area (Å²) in [7, 11) is -4.86. The molecule has 0 heterocycles. The van der Waals surface area contributed by atoms with Crippen molar-refractivity contribution in [3.63, 3.8) is 0 Å². The molecule has 4 atom stereocenters. The van der Waals surface area contributed by atoms with Crippen LogP contribution in [0.25, 0.3) is 0 Å². The van der Waals surface area contributed by atoms with Crippen LogP contribution in [0.4, 0.5) is 0 Å². The summed E-state index contributed by atoms with van der Waals surface area (Å²) in [6, 6.07) is 0. The van der Waals surface area contributed by atoms with Gasteiger partial charge >= 0.3 is 19.8 Å². The third-order valence-corrected chi connectivity index (χ3v) is 8.44. The summed E-state index contributed by atoms with van der Waals surface area (Å²) in [5.74, 6) is -1.25. The molecular formula is C43H69O11P. The van der Waals surface area contributed by atoms with E-state index in [-0.39, 0.29) is 25.7 Å². The van der Waals surface area contributed by atoms with Crippen molar-refractivity contribution in [2.24, 2.45) is 0 Å². The highest BCUT2D eigenvalue weighted by molar-refractivity contribution is 7.46. The van der Waals surface area contributed by atoms with Gasteiger partial charge in [-0.15, -0.1) is 0 Å². The van der Waals surface area contributed by atoms with Crippen LogP contribution in [0.3, 0.4) is 0 Å². The van der Waals surface area contributed by atoms with E-state index in [0.29, 0.717) is 6.42 Å². The number of phosphoric acid groups is 1. The van der Waals surface area contributed by atoms with Gasteiger partial charge in [0.05, 0.1) is 24.9 Å². The fraction of sp³-hybridized carbons (Fsp3) is 0.581. The summed E-state index contributed by atoms with van der Waals surface area (Å²) in [5, 5.41) is 30.3. The number of unbranched alkanes of at least 4 members (excludes halogenated alkanes) is 6. The molecule has 0 aliphatic heterocycles. The number of carbonyl (C=O) groups excluding carboxylic acids is 2. The molecule has 0 amide bonds.